The number of hydrogen-bond acceptors (Lipinski definition) is 7. The van der Waals surface area contributed by atoms with Gasteiger partial charge in [-0.2, -0.15) is 4.98 Å². The summed E-state index contributed by atoms with van der Waals surface area (Å²) in [6, 6.07) is 7.19. The lowest BCUT2D eigenvalue weighted by atomic mass is 10.1. The van der Waals surface area contributed by atoms with Crippen LogP contribution in [0.25, 0.3) is 11.4 Å². The summed E-state index contributed by atoms with van der Waals surface area (Å²) < 4.78 is 10.8. The van der Waals surface area contributed by atoms with Crippen molar-refractivity contribution < 1.29 is 19.1 Å². The fraction of sp³-hybridized carbons (Fsp3) is 0.333. The molecular formula is C21H21N5O4. The van der Waals surface area contributed by atoms with Crippen LogP contribution in [0.5, 0.6) is 5.88 Å². The van der Waals surface area contributed by atoms with Crippen LogP contribution < -0.4 is 16.2 Å². The molecule has 0 unspecified atom stereocenters. The molecule has 2 aromatic rings. The van der Waals surface area contributed by atoms with E-state index in [2.05, 4.69) is 21.8 Å². The molecule has 2 amide bonds. The van der Waals surface area contributed by atoms with Gasteiger partial charge in [0.1, 0.15) is 17.7 Å². The van der Waals surface area contributed by atoms with Gasteiger partial charge < -0.3 is 25.8 Å². The summed E-state index contributed by atoms with van der Waals surface area (Å²) in [6.07, 6.45) is 0.534. The highest BCUT2D eigenvalue weighted by Crippen LogP contribution is 2.28. The number of carbonyl (C=O) groups is 2. The minimum atomic E-state index is -0.773. The maximum Gasteiger partial charge on any atom is 0.269 e. The van der Waals surface area contributed by atoms with Gasteiger partial charge in [0.25, 0.3) is 5.91 Å². The van der Waals surface area contributed by atoms with Crippen LogP contribution >= 0.6 is 0 Å². The average Bonchev–Trinajstić information content (AvgIpc) is 3.02. The summed E-state index contributed by atoms with van der Waals surface area (Å²) in [5.74, 6) is 5.39. The lowest BCUT2D eigenvalue weighted by molar-refractivity contribution is -0.128. The number of nitrogens with two attached hydrogens (primary N) is 2. The normalized spacial score (nSPS) is 18.5. The van der Waals surface area contributed by atoms with E-state index in [9.17, 15) is 9.59 Å². The van der Waals surface area contributed by atoms with Crippen LogP contribution in [-0.4, -0.2) is 59.6 Å². The Bertz CT molecular complexity index is 1070. The van der Waals surface area contributed by atoms with Crippen molar-refractivity contribution in [3.8, 4) is 29.1 Å². The molecule has 9 nitrogen and oxygen atoms in total. The maximum absolute atomic E-state index is 12.0. The molecule has 1 aromatic heterocycles. The number of hydrogen-bond donors (Lipinski definition) is 2. The minimum absolute atomic E-state index is 0.00189. The lowest BCUT2D eigenvalue weighted by Crippen LogP contribution is -2.39. The summed E-state index contributed by atoms with van der Waals surface area (Å²) in [5.41, 5.74) is 12.6. The second kappa shape index (κ2) is 8.00. The zero-order valence-electron chi connectivity index (χ0n) is 16.4. The van der Waals surface area contributed by atoms with Crippen LogP contribution in [0.2, 0.25) is 0 Å². The first-order valence-corrected chi connectivity index (χ1v) is 9.51. The standard InChI is InChI=1S/C21H21N5O4/c1-26-8-7-13(21(26)28)6-5-12-3-2-4-14(9-12)19-24-17(18(23)27)16(22)20(25-19)30-15-10-29-11-15/h2-4,9,13,15H,7-8,10-11,22H2,1H3,(H2,23,27)/t13-/m1/s1. The fourth-order valence-electron chi connectivity index (χ4n) is 3.16. The van der Waals surface area contributed by atoms with Crippen LogP contribution in [0.15, 0.2) is 24.3 Å². The minimum Gasteiger partial charge on any atom is -0.468 e. The summed E-state index contributed by atoms with van der Waals surface area (Å²) in [5, 5.41) is 0. The summed E-state index contributed by atoms with van der Waals surface area (Å²) in [7, 11) is 1.77. The van der Waals surface area contributed by atoms with Gasteiger partial charge in [0.15, 0.2) is 11.5 Å². The fourth-order valence-corrected chi connectivity index (χ4v) is 3.16. The smallest absolute Gasteiger partial charge is 0.269 e. The van der Waals surface area contributed by atoms with Gasteiger partial charge in [-0.05, 0) is 18.6 Å². The molecule has 154 valence electrons. The predicted molar refractivity (Wildman–Crippen MR) is 108 cm³/mol. The molecule has 9 heteroatoms. The van der Waals surface area contributed by atoms with Crippen molar-refractivity contribution in [2.24, 2.45) is 11.7 Å². The second-order valence-electron chi connectivity index (χ2n) is 7.21. The number of aromatic nitrogens is 2. The molecule has 0 radical (unpaired) electrons. The van der Waals surface area contributed by atoms with Crippen LogP contribution in [0.3, 0.4) is 0 Å². The third-order valence-electron chi connectivity index (χ3n) is 4.97. The first-order valence-electron chi connectivity index (χ1n) is 9.51. The molecule has 2 saturated heterocycles. The van der Waals surface area contributed by atoms with E-state index >= 15 is 0 Å². The summed E-state index contributed by atoms with van der Waals surface area (Å²) in [6.45, 7) is 1.55. The van der Waals surface area contributed by atoms with Gasteiger partial charge in [0.05, 0.1) is 13.2 Å². The molecule has 0 spiro atoms. The first kappa shape index (κ1) is 19.7. The predicted octanol–water partition coefficient (Wildman–Crippen LogP) is 0.432. The maximum atomic E-state index is 12.0. The average molecular weight is 407 g/mol. The molecule has 2 aliphatic heterocycles. The van der Waals surface area contributed by atoms with E-state index in [0.29, 0.717) is 30.9 Å². The van der Waals surface area contributed by atoms with Gasteiger partial charge in [0.2, 0.25) is 11.8 Å². The van der Waals surface area contributed by atoms with Crippen LogP contribution in [0.4, 0.5) is 5.69 Å². The molecule has 3 heterocycles. The number of anilines is 1. The van der Waals surface area contributed by atoms with Crippen molar-refractivity contribution in [3.63, 3.8) is 0 Å². The first-order chi connectivity index (χ1) is 14.4. The molecule has 4 rings (SSSR count). The molecule has 0 bridgehead atoms. The Balaban J connectivity index is 1.66. The van der Waals surface area contributed by atoms with E-state index in [0.717, 1.165) is 6.42 Å². The number of likely N-dealkylation sites (tertiary alicyclic amines) is 1. The third kappa shape index (κ3) is 3.90. The van der Waals surface area contributed by atoms with Crippen LogP contribution in [0.1, 0.15) is 22.5 Å². The molecule has 2 fully saturated rings. The van der Waals surface area contributed by atoms with E-state index < -0.39 is 5.91 Å². The van der Waals surface area contributed by atoms with Crippen LogP contribution in [-0.2, 0) is 9.53 Å². The largest absolute Gasteiger partial charge is 0.468 e. The number of nitrogens with zero attached hydrogens (tertiary/aromatic N) is 3. The van der Waals surface area contributed by atoms with E-state index in [1.54, 1.807) is 30.1 Å². The molecule has 4 N–H and O–H groups in total. The number of benzene rings is 1. The zero-order valence-corrected chi connectivity index (χ0v) is 16.4. The van der Waals surface area contributed by atoms with Crippen molar-refractivity contribution in [2.75, 3.05) is 32.5 Å². The van der Waals surface area contributed by atoms with E-state index in [1.165, 1.54) is 0 Å². The van der Waals surface area contributed by atoms with Crippen molar-refractivity contribution in [2.45, 2.75) is 12.5 Å². The van der Waals surface area contributed by atoms with Gasteiger partial charge in [-0.1, -0.05) is 24.0 Å². The van der Waals surface area contributed by atoms with Crippen LogP contribution in [0, 0.1) is 17.8 Å². The Labute approximate surface area is 173 Å². The Kier molecular flexibility index (Phi) is 5.25. The van der Waals surface area contributed by atoms with Crippen molar-refractivity contribution in [1.82, 2.24) is 14.9 Å². The SMILES string of the molecule is CN1CC[C@@H](C#Cc2cccc(-c3nc(OC4COC4)c(N)c(C(N)=O)n3)c2)C1=O. The Morgan fingerprint density at radius 2 is 2.13 bits per heavy atom. The quantitative estimate of drug-likeness (QED) is 0.702. The lowest BCUT2D eigenvalue weighted by Gasteiger charge is -2.26. The van der Waals surface area contributed by atoms with E-state index in [4.69, 9.17) is 20.9 Å². The Morgan fingerprint density at radius 3 is 2.77 bits per heavy atom. The van der Waals surface area contributed by atoms with Gasteiger partial charge in [-0.3, -0.25) is 9.59 Å². The number of ether oxygens (including phenoxy) is 2. The summed E-state index contributed by atoms with van der Waals surface area (Å²) >= 11 is 0. The van der Waals surface area contributed by atoms with Crippen molar-refractivity contribution in [3.05, 3.63) is 35.5 Å². The highest BCUT2D eigenvalue weighted by Gasteiger charge is 2.27. The highest BCUT2D eigenvalue weighted by atomic mass is 16.6. The Morgan fingerprint density at radius 1 is 1.33 bits per heavy atom. The van der Waals surface area contributed by atoms with E-state index in [1.807, 2.05) is 6.07 Å². The zero-order chi connectivity index (χ0) is 21.3. The molecule has 2 aliphatic rings. The molecule has 30 heavy (non-hydrogen) atoms. The molecule has 0 saturated carbocycles. The number of carbonyl (C=O) groups excluding carboxylic acids is 2. The number of rotatable bonds is 4. The molecule has 1 atom stereocenters. The number of nitrogen functional groups attached to an aromatic ring is 1. The highest BCUT2D eigenvalue weighted by molar-refractivity contribution is 5.97. The van der Waals surface area contributed by atoms with Gasteiger partial charge in [0, 0.05) is 24.7 Å². The molecule has 1 aromatic carbocycles. The molecular weight excluding hydrogens is 386 g/mol. The van der Waals surface area contributed by atoms with Gasteiger partial charge in [-0.15, -0.1) is 0 Å². The van der Waals surface area contributed by atoms with Crippen molar-refractivity contribution in [1.29, 1.82) is 0 Å². The number of primary amides is 1. The van der Waals surface area contributed by atoms with Crippen molar-refractivity contribution >= 4 is 17.5 Å². The summed E-state index contributed by atoms with van der Waals surface area (Å²) in [4.78, 5) is 34.1. The van der Waals surface area contributed by atoms with Gasteiger partial charge >= 0.3 is 0 Å². The van der Waals surface area contributed by atoms with Gasteiger partial charge in [-0.25, -0.2) is 4.98 Å². The third-order valence-corrected chi connectivity index (χ3v) is 4.97. The molecule has 0 aliphatic carbocycles. The second-order valence-corrected chi connectivity index (χ2v) is 7.21. The Hall–Kier alpha value is -3.64. The van der Waals surface area contributed by atoms with E-state index in [-0.39, 0.29) is 41.0 Å². The number of amides is 2. The topological polar surface area (TPSA) is 134 Å². The monoisotopic (exact) mass is 407 g/mol.